The Labute approximate surface area is 153 Å². The molecule has 5 nitrogen and oxygen atoms in total. The third kappa shape index (κ3) is 3.05. The monoisotopic (exact) mass is 398 g/mol. The summed E-state index contributed by atoms with van der Waals surface area (Å²) in [5, 5.41) is 6.03. The quantitative estimate of drug-likeness (QED) is 0.627. The van der Waals surface area contributed by atoms with Crippen molar-refractivity contribution < 1.29 is 13.6 Å². The van der Waals surface area contributed by atoms with Crippen LogP contribution in [0.15, 0.2) is 73.2 Å². The number of carbonyl (C=O) groups excluding carboxylic acids is 1. The van der Waals surface area contributed by atoms with Crippen LogP contribution in [0.4, 0.5) is 0 Å². The highest BCUT2D eigenvalue weighted by Gasteiger charge is 2.36. The minimum Gasteiger partial charge on any atom is -0.464 e. The van der Waals surface area contributed by atoms with Crippen molar-refractivity contribution in [2.45, 2.75) is 19.4 Å². The number of amides is 1. The van der Waals surface area contributed by atoms with Crippen molar-refractivity contribution in [3.05, 3.63) is 82.1 Å². The Morgan fingerprint density at radius 3 is 2.64 bits per heavy atom. The molecule has 2 aromatic heterocycles. The standard InChI is InChI=1S/C19H15BrN2O3/c1-12-4-9-17(25-12)16-11-15(13-5-7-14(20)8-6-13)21-22(16)19(23)18-3-2-10-24-18/h2-10,16H,11H2,1H3. The molecule has 25 heavy (non-hydrogen) atoms. The van der Waals surface area contributed by atoms with Crippen molar-refractivity contribution in [1.82, 2.24) is 5.01 Å². The Balaban J connectivity index is 1.71. The van der Waals surface area contributed by atoms with Crippen molar-refractivity contribution in [3.8, 4) is 0 Å². The number of furan rings is 2. The molecule has 0 bridgehead atoms. The van der Waals surface area contributed by atoms with Crippen LogP contribution in [-0.2, 0) is 0 Å². The number of carbonyl (C=O) groups is 1. The fourth-order valence-electron chi connectivity index (χ4n) is 2.88. The van der Waals surface area contributed by atoms with Crippen molar-refractivity contribution in [2.24, 2.45) is 5.10 Å². The lowest BCUT2D eigenvalue weighted by atomic mass is 10.0. The second-order valence-electron chi connectivity index (χ2n) is 5.85. The van der Waals surface area contributed by atoms with E-state index in [1.807, 2.05) is 43.3 Å². The van der Waals surface area contributed by atoms with E-state index in [1.165, 1.54) is 11.3 Å². The summed E-state index contributed by atoms with van der Waals surface area (Å²) in [6.45, 7) is 1.88. The Morgan fingerprint density at radius 1 is 1.20 bits per heavy atom. The molecule has 1 unspecified atom stereocenters. The van der Waals surface area contributed by atoms with E-state index in [0.717, 1.165) is 21.5 Å². The lowest BCUT2D eigenvalue weighted by molar-refractivity contribution is 0.0659. The predicted molar refractivity (Wildman–Crippen MR) is 96.4 cm³/mol. The van der Waals surface area contributed by atoms with Gasteiger partial charge in [-0.15, -0.1) is 0 Å². The van der Waals surface area contributed by atoms with Crippen LogP contribution in [0.5, 0.6) is 0 Å². The summed E-state index contributed by atoms with van der Waals surface area (Å²) in [4.78, 5) is 12.8. The van der Waals surface area contributed by atoms with E-state index < -0.39 is 0 Å². The number of aryl methyl sites for hydroxylation is 1. The lowest BCUT2D eigenvalue weighted by Gasteiger charge is -2.18. The molecular formula is C19H15BrN2O3. The zero-order chi connectivity index (χ0) is 17.4. The third-order valence-corrected chi connectivity index (χ3v) is 4.65. The molecule has 0 spiro atoms. The summed E-state index contributed by atoms with van der Waals surface area (Å²) in [7, 11) is 0. The first-order valence-electron chi connectivity index (χ1n) is 7.88. The lowest BCUT2D eigenvalue weighted by Crippen LogP contribution is -2.26. The van der Waals surface area contributed by atoms with Crippen LogP contribution in [0.3, 0.4) is 0 Å². The first-order valence-corrected chi connectivity index (χ1v) is 8.68. The van der Waals surface area contributed by atoms with Crippen LogP contribution in [0.25, 0.3) is 0 Å². The number of hydrazone groups is 1. The zero-order valence-corrected chi connectivity index (χ0v) is 15.1. The summed E-state index contributed by atoms with van der Waals surface area (Å²) in [5.74, 6) is 1.50. The van der Waals surface area contributed by atoms with E-state index in [0.29, 0.717) is 12.2 Å². The second-order valence-corrected chi connectivity index (χ2v) is 6.76. The fraction of sp³-hybridized carbons (Fsp3) is 0.158. The minimum absolute atomic E-state index is 0.258. The van der Waals surface area contributed by atoms with Gasteiger partial charge in [0.2, 0.25) is 0 Å². The Bertz CT molecular complexity index is 926. The average Bonchev–Trinajstić information content (AvgIpc) is 3.35. The Hall–Kier alpha value is -2.60. The molecule has 0 fully saturated rings. The van der Waals surface area contributed by atoms with E-state index in [4.69, 9.17) is 8.83 Å². The Kier molecular flexibility index (Phi) is 4.05. The topological polar surface area (TPSA) is 59.0 Å². The van der Waals surface area contributed by atoms with Gasteiger partial charge in [-0.1, -0.05) is 28.1 Å². The molecule has 0 aliphatic carbocycles. The van der Waals surface area contributed by atoms with Crippen LogP contribution in [0.2, 0.25) is 0 Å². The minimum atomic E-state index is -0.287. The molecule has 1 amide bonds. The van der Waals surface area contributed by atoms with Gasteiger partial charge < -0.3 is 8.83 Å². The normalized spacial score (nSPS) is 17.0. The van der Waals surface area contributed by atoms with Crippen LogP contribution >= 0.6 is 15.9 Å². The predicted octanol–water partition coefficient (Wildman–Crippen LogP) is 4.94. The second kappa shape index (κ2) is 6.37. The van der Waals surface area contributed by atoms with Gasteiger partial charge in [0, 0.05) is 10.9 Å². The number of rotatable bonds is 3. The smallest absolute Gasteiger partial charge is 0.310 e. The van der Waals surface area contributed by atoms with Gasteiger partial charge in [0.1, 0.15) is 17.6 Å². The summed E-state index contributed by atoms with van der Waals surface area (Å²) in [5.41, 5.74) is 1.82. The van der Waals surface area contributed by atoms with Gasteiger partial charge in [0.25, 0.3) is 0 Å². The van der Waals surface area contributed by atoms with E-state index in [1.54, 1.807) is 12.1 Å². The van der Waals surface area contributed by atoms with Crippen molar-refractivity contribution in [2.75, 3.05) is 0 Å². The molecule has 3 heterocycles. The first-order chi connectivity index (χ1) is 12.1. The molecule has 1 aliphatic rings. The van der Waals surface area contributed by atoms with Crippen molar-refractivity contribution in [1.29, 1.82) is 0 Å². The molecule has 1 atom stereocenters. The molecule has 6 heteroatoms. The van der Waals surface area contributed by atoms with E-state index in [9.17, 15) is 4.79 Å². The van der Waals surface area contributed by atoms with Crippen LogP contribution < -0.4 is 0 Å². The number of hydrogen-bond donors (Lipinski definition) is 0. The van der Waals surface area contributed by atoms with E-state index >= 15 is 0 Å². The molecular weight excluding hydrogens is 384 g/mol. The van der Waals surface area contributed by atoms with Gasteiger partial charge >= 0.3 is 5.91 Å². The highest BCUT2D eigenvalue weighted by atomic mass is 79.9. The van der Waals surface area contributed by atoms with Gasteiger partial charge in [-0.3, -0.25) is 4.79 Å². The molecule has 1 aromatic carbocycles. The van der Waals surface area contributed by atoms with Crippen molar-refractivity contribution >= 4 is 27.5 Å². The van der Waals surface area contributed by atoms with Gasteiger partial charge in [-0.25, -0.2) is 5.01 Å². The number of benzene rings is 1. The average molecular weight is 399 g/mol. The highest BCUT2D eigenvalue weighted by Crippen LogP contribution is 2.35. The van der Waals surface area contributed by atoms with Crippen LogP contribution in [0, 0.1) is 6.92 Å². The highest BCUT2D eigenvalue weighted by molar-refractivity contribution is 9.10. The molecule has 4 rings (SSSR count). The number of halogens is 1. The van der Waals surface area contributed by atoms with Gasteiger partial charge in [0.15, 0.2) is 5.76 Å². The largest absolute Gasteiger partial charge is 0.464 e. The van der Waals surface area contributed by atoms with E-state index in [-0.39, 0.29) is 17.7 Å². The summed E-state index contributed by atoms with van der Waals surface area (Å²) >= 11 is 3.43. The molecule has 0 saturated carbocycles. The summed E-state index contributed by atoms with van der Waals surface area (Å²) in [6.07, 6.45) is 2.07. The summed E-state index contributed by atoms with van der Waals surface area (Å²) in [6, 6.07) is 14.7. The maximum atomic E-state index is 12.8. The van der Waals surface area contributed by atoms with Gasteiger partial charge in [-0.05, 0) is 48.9 Å². The molecule has 0 radical (unpaired) electrons. The molecule has 3 aromatic rings. The molecule has 1 aliphatic heterocycles. The van der Waals surface area contributed by atoms with Gasteiger partial charge in [0.05, 0.1) is 12.0 Å². The Morgan fingerprint density at radius 2 is 2.00 bits per heavy atom. The van der Waals surface area contributed by atoms with E-state index in [2.05, 4.69) is 21.0 Å². The molecule has 0 saturated heterocycles. The molecule has 0 N–H and O–H groups in total. The fourth-order valence-corrected chi connectivity index (χ4v) is 3.15. The molecule has 126 valence electrons. The number of hydrogen-bond acceptors (Lipinski definition) is 4. The SMILES string of the molecule is Cc1ccc(C2CC(c3ccc(Br)cc3)=NN2C(=O)c2ccco2)o1. The maximum absolute atomic E-state index is 12.8. The summed E-state index contributed by atoms with van der Waals surface area (Å²) < 4.78 is 12.0. The zero-order valence-electron chi connectivity index (χ0n) is 13.5. The van der Waals surface area contributed by atoms with Gasteiger partial charge in [-0.2, -0.15) is 5.10 Å². The first kappa shape index (κ1) is 15.9. The van der Waals surface area contributed by atoms with Crippen LogP contribution in [-0.4, -0.2) is 16.6 Å². The van der Waals surface area contributed by atoms with Crippen LogP contribution in [0.1, 0.15) is 40.1 Å². The third-order valence-electron chi connectivity index (χ3n) is 4.12. The maximum Gasteiger partial charge on any atom is 0.310 e. The number of nitrogens with zero attached hydrogens (tertiary/aromatic N) is 2. The van der Waals surface area contributed by atoms with Crippen molar-refractivity contribution in [3.63, 3.8) is 0 Å².